The molecule has 0 bridgehead atoms. The maximum atomic E-state index is 10.3. The van der Waals surface area contributed by atoms with E-state index in [-0.39, 0.29) is 18.2 Å². The number of non-ortho nitro benzene ring substituents is 1. The number of hydrogen-bond donors (Lipinski definition) is 1. The van der Waals surface area contributed by atoms with Gasteiger partial charge < -0.3 is 9.84 Å². The van der Waals surface area contributed by atoms with E-state index in [1.54, 1.807) is 0 Å². The van der Waals surface area contributed by atoms with Crippen molar-refractivity contribution in [3.63, 3.8) is 0 Å². The zero-order valence-corrected chi connectivity index (χ0v) is 8.55. The van der Waals surface area contributed by atoms with Crippen LogP contribution in [0, 0.1) is 10.1 Å². The third-order valence-electron chi connectivity index (χ3n) is 1.67. The number of nitrogens with zero attached hydrogens (tertiary/aromatic N) is 1. The molecule has 0 aromatic heterocycles. The minimum Gasteiger partial charge on any atom is -0.491 e. The van der Waals surface area contributed by atoms with E-state index >= 15 is 0 Å². The Bertz CT molecular complexity index is 327. The van der Waals surface area contributed by atoms with Gasteiger partial charge in [-0.1, -0.05) is 0 Å². The largest absolute Gasteiger partial charge is 0.491 e. The third-order valence-corrected chi connectivity index (χ3v) is 2.02. The second-order valence-corrected chi connectivity index (χ2v) is 3.18. The van der Waals surface area contributed by atoms with E-state index in [0.717, 1.165) is 0 Å². The Kier molecular flexibility index (Phi) is 4.33. The topological polar surface area (TPSA) is 72.6 Å². The molecule has 0 heterocycles. The summed E-state index contributed by atoms with van der Waals surface area (Å²) in [4.78, 5) is 9.84. The number of alkyl halides is 1. The fraction of sp³-hybridized carbons (Fsp3) is 0.333. The quantitative estimate of drug-likeness (QED) is 0.474. The summed E-state index contributed by atoms with van der Waals surface area (Å²) in [6.45, 7) is 0.0707. The Labute approximate surface area is 91.4 Å². The van der Waals surface area contributed by atoms with Gasteiger partial charge >= 0.3 is 0 Å². The lowest BCUT2D eigenvalue weighted by molar-refractivity contribution is -0.384. The first kappa shape index (κ1) is 11.7. The van der Waals surface area contributed by atoms with Gasteiger partial charge in [-0.3, -0.25) is 10.1 Å². The monoisotopic (exact) mass is 231 g/mol. The first-order valence-corrected chi connectivity index (χ1v) is 4.78. The van der Waals surface area contributed by atoms with Crippen LogP contribution in [0.5, 0.6) is 5.75 Å². The molecule has 1 aromatic carbocycles. The summed E-state index contributed by atoms with van der Waals surface area (Å²) in [6, 6.07) is 5.61. The highest BCUT2D eigenvalue weighted by atomic mass is 35.5. The van der Waals surface area contributed by atoms with Crippen LogP contribution < -0.4 is 4.74 Å². The van der Waals surface area contributed by atoms with Crippen LogP contribution >= 0.6 is 11.6 Å². The Morgan fingerprint density at radius 1 is 1.47 bits per heavy atom. The van der Waals surface area contributed by atoms with Crippen molar-refractivity contribution in [2.24, 2.45) is 0 Å². The molecule has 5 nitrogen and oxygen atoms in total. The molecule has 0 amide bonds. The van der Waals surface area contributed by atoms with Gasteiger partial charge in [-0.05, 0) is 12.1 Å². The highest BCUT2D eigenvalue weighted by Crippen LogP contribution is 2.17. The lowest BCUT2D eigenvalue weighted by Crippen LogP contribution is -2.18. The van der Waals surface area contributed by atoms with Crippen molar-refractivity contribution in [3.8, 4) is 5.75 Å². The van der Waals surface area contributed by atoms with E-state index in [9.17, 15) is 10.1 Å². The van der Waals surface area contributed by atoms with Crippen LogP contribution in [0.3, 0.4) is 0 Å². The van der Waals surface area contributed by atoms with Gasteiger partial charge in [0.15, 0.2) is 0 Å². The molecule has 1 rings (SSSR count). The minimum absolute atomic E-state index is 0.000224. The van der Waals surface area contributed by atoms with E-state index in [0.29, 0.717) is 5.75 Å². The normalized spacial score (nSPS) is 12.1. The van der Waals surface area contributed by atoms with Crippen LogP contribution in [-0.2, 0) is 0 Å². The van der Waals surface area contributed by atoms with Crippen LogP contribution in [0.1, 0.15) is 0 Å². The van der Waals surface area contributed by atoms with Crippen LogP contribution in [0.4, 0.5) is 5.69 Å². The summed E-state index contributed by atoms with van der Waals surface area (Å²) < 4.78 is 5.14. The predicted octanol–water partition coefficient (Wildman–Crippen LogP) is 1.57. The Hall–Kier alpha value is -1.33. The van der Waals surface area contributed by atoms with E-state index in [2.05, 4.69) is 0 Å². The second kappa shape index (κ2) is 5.53. The molecule has 15 heavy (non-hydrogen) atoms. The van der Waals surface area contributed by atoms with Gasteiger partial charge in [0.2, 0.25) is 0 Å². The number of ether oxygens (including phenoxy) is 1. The van der Waals surface area contributed by atoms with Crippen molar-refractivity contribution in [1.29, 1.82) is 0 Å². The van der Waals surface area contributed by atoms with Crippen molar-refractivity contribution in [2.45, 2.75) is 6.10 Å². The van der Waals surface area contributed by atoms with Gasteiger partial charge in [0.05, 0.1) is 10.8 Å². The molecule has 1 aromatic rings. The van der Waals surface area contributed by atoms with Gasteiger partial charge in [-0.2, -0.15) is 0 Å². The van der Waals surface area contributed by atoms with Gasteiger partial charge in [0.1, 0.15) is 18.5 Å². The van der Waals surface area contributed by atoms with Crippen molar-refractivity contribution in [2.75, 3.05) is 12.5 Å². The average molecular weight is 232 g/mol. The molecule has 0 spiro atoms. The molecule has 0 saturated heterocycles. The Balaban J connectivity index is 2.53. The molecular weight excluding hydrogens is 222 g/mol. The maximum absolute atomic E-state index is 10.3. The van der Waals surface area contributed by atoms with Gasteiger partial charge in [0, 0.05) is 12.1 Å². The van der Waals surface area contributed by atoms with Crippen molar-refractivity contribution >= 4 is 17.3 Å². The molecule has 1 N–H and O–H groups in total. The molecular formula is C9H10ClNO4. The molecule has 0 aliphatic carbocycles. The zero-order valence-electron chi connectivity index (χ0n) is 7.80. The average Bonchev–Trinajstić information content (AvgIpc) is 2.26. The van der Waals surface area contributed by atoms with Gasteiger partial charge in [-0.25, -0.2) is 0 Å². The summed E-state index contributed by atoms with van der Waals surface area (Å²) >= 11 is 5.37. The van der Waals surface area contributed by atoms with E-state index < -0.39 is 11.0 Å². The van der Waals surface area contributed by atoms with E-state index in [4.69, 9.17) is 21.4 Å². The molecule has 0 unspecified atom stereocenters. The number of benzene rings is 1. The maximum Gasteiger partial charge on any atom is 0.269 e. The molecule has 0 saturated carbocycles. The number of hydrogen-bond acceptors (Lipinski definition) is 4. The van der Waals surface area contributed by atoms with Gasteiger partial charge in [-0.15, -0.1) is 11.6 Å². The molecule has 82 valence electrons. The van der Waals surface area contributed by atoms with Crippen molar-refractivity contribution < 1.29 is 14.8 Å². The molecule has 0 aliphatic heterocycles. The lowest BCUT2D eigenvalue weighted by Gasteiger charge is -2.08. The lowest BCUT2D eigenvalue weighted by atomic mass is 10.3. The molecule has 0 fully saturated rings. The number of nitro groups is 1. The Morgan fingerprint density at radius 3 is 2.53 bits per heavy atom. The van der Waals surface area contributed by atoms with Crippen molar-refractivity contribution in [1.82, 2.24) is 0 Å². The second-order valence-electron chi connectivity index (χ2n) is 2.87. The summed E-state index contributed by atoms with van der Waals surface area (Å²) in [5, 5.41) is 19.4. The summed E-state index contributed by atoms with van der Waals surface area (Å²) in [6.07, 6.45) is -0.734. The number of aliphatic hydroxyl groups is 1. The van der Waals surface area contributed by atoms with Crippen molar-refractivity contribution in [3.05, 3.63) is 34.4 Å². The third kappa shape index (κ3) is 3.73. The molecule has 0 aliphatic rings. The SMILES string of the molecule is O=[N+]([O-])c1ccc(OC[C@H](O)CCl)cc1. The standard InChI is InChI=1S/C9H10ClNO4/c10-5-8(12)6-15-9-3-1-7(2-4-9)11(13)14/h1-4,8,12H,5-6H2/t8-/m1/s1. The minimum atomic E-state index is -0.734. The molecule has 1 atom stereocenters. The van der Waals surface area contributed by atoms with Crippen LogP contribution in [0.2, 0.25) is 0 Å². The van der Waals surface area contributed by atoms with Crippen LogP contribution in [0.25, 0.3) is 0 Å². The first-order chi connectivity index (χ1) is 7.13. The highest BCUT2D eigenvalue weighted by Gasteiger charge is 2.06. The van der Waals surface area contributed by atoms with Crippen LogP contribution in [0.15, 0.2) is 24.3 Å². The van der Waals surface area contributed by atoms with E-state index in [1.165, 1.54) is 24.3 Å². The molecule has 6 heteroatoms. The number of halogens is 1. The number of rotatable bonds is 5. The number of aliphatic hydroxyl groups excluding tert-OH is 1. The van der Waals surface area contributed by atoms with Crippen LogP contribution in [-0.4, -0.2) is 28.6 Å². The smallest absolute Gasteiger partial charge is 0.269 e. The highest BCUT2D eigenvalue weighted by molar-refractivity contribution is 6.18. The summed E-state index contributed by atoms with van der Waals surface area (Å²) in [7, 11) is 0. The summed E-state index contributed by atoms with van der Waals surface area (Å²) in [5.41, 5.74) is 0.000224. The van der Waals surface area contributed by atoms with Gasteiger partial charge in [0.25, 0.3) is 5.69 Å². The zero-order chi connectivity index (χ0) is 11.3. The fourth-order valence-electron chi connectivity index (χ4n) is 0.901. The predicted molar refractivity (Wildman–Crippen MR) is 55.3 cm³/mol. The summed E-state index contributed by atoms with van der Waals surface area (Å²) in [5.74, 6) is 0.553. The first-order valence-electron chi connectivity index (χ1n) is 4.24. The fourth-order valence-corrected chi connectivity index (χ4v) is 0.990. The molecule has 0 radical (unpaired) electrons. The van der Waals surface area contributed by atoms with E-state index in [1.807, 2.05) is 0 Å². The Morgan fingerprint density at radius 2 is 2.07 bits per heavy atom. The number of nitro benzene ring substituents is 1.